The van der Waals surface area contributed by atoms with E-state index < -0.39 is 10.1 Å². The Bertz CT molecular complexity index is 510. The first-order valence-electron chi connectivity index (χ1n) is 4.91. The Kier molecular flexibility index (Phi) is 4.28. The second kappa shape index (κ2) is 5.31. The number of methoxy groups -OCH3 is 1. The fourth-order valence-electron chi connectivity index (χ4n) is 1.41. The molecule has 0 amide bonds. The van der Waals surface area contributed by atoms with Crippen LogP contribution in [0.1, 0.15) is 5.56 Å². The van der Waals surface area contributed by atoms with Crippen LogP contribution in [0.15, 0.2) is 35.7 Å². The van der Waals surface area contributed by atoms with E-state index in [9.17, 15) is 8.42 Å². The SMILES string of the molecule is C=C[C@@H](N)Cc1ccc(OC)c(S(=O)(=O)O)c1. The van der Waals surface area contributed by atoms with Crippen molar-refractivity contribution < 1.29 is 17.7 Å². The lowest BCUT2D eigenvalue weighted by Gasteiger charge is -2.10. The van der Waals surface area contributed by atoms with Gasteiger partial charge in [0.25, 0.3) is 10.1 Å². The van der Waals surface area contributed by atoms with Crippen molar-refractivity contribution in [2.45, 2.75) is 17.4 Å². The molecule has 0 heterocycles. The van der Waals surface area contributed by atoms with Gasteiger partial charge < -0.3 is 10.5 Å². The molecule has 94 valence electrons. The highest BCUT2D eigenvalue weighted by Crippen LogP contribution is 2.25. The molecule has 0 spiro atoms. The molecule has 0 saturated heterocycles. The van der Waals surface area contributed by atoms with Gasteiger partial charge >= 0.3 is 0 Å². The summed E-state index contributed by atoms with van der Waals surface area (Å²) in [7, 11) is -2.97. The second-order valence-corrected chi connectivity index (χ2v) is 4.95. The zero-order chi connectivity index (χ0) is 13.1. The van der Waals surface area contributed by atoms with Crippen LogP contribution in [0.3, 0.4) is 0 Å². The molecular formula is C11H15NO4S. The van der Waals surface area contributed by atoms with E-state index in [4.69, 9.17) is 15.0 Å². The summed E-state index contributed by atoms with van der Waals surface area (Å²) in [6.45, 7) is 3.54. The van der Waals surface area contributed by atoms with Gasteiger partial charge in [-0.2, -0.15) is 8.42 Å². The molecule has 0 bridgehead atoms. The summed E-state index contributed by atoms with van der Waals surface area (Å²) in [6, 6.07) is 4.25. The third kappa shape index (κ3) is 3.55. The molecule has 1 aromatic rings. The zero-order valence-electron chi connectivity index (χ0n) is 9.46. The monoisotopic (exact) mass is 257 g/mol. The lowest BCUT2D eigenvalue weighted by atomic mass is 10.1. The van der Waals surface area contributed by atoms with Gasteiger partial charge in [-0.15, -0.1) is 6.58 Å². The summed E-state index contributed by atoms with van der Waals surface area (Å²) < 4.78 is 36.2. The minimum atomic E-state index is -4.30. The Morgan fingerprint density at radius 2 is 2.24 bits per heavy atom. The Morgan fingerprint density at radius 1 is 1.59 bits per heavy atom. The van der Waals surface area contributed by atoms with Crippen molar-refractivity contribution in [2.75, 3.05) is 7.11 Å². The van der Waals surface area contributed by atoms with Gasteiger partial charge in [0, 0.05) is 6.04 Å². The molecule has 6 heteroatoms. The highest BCUT2D eigenvalue weighted by molar-refractivity contribution is 7.86. The molecular weight excluding hydrogens is 242 g/mol. The van der Waals surface area contributed by atoms with Crippen LogP contribution in [0.4, 0.5) is 0 Å². The number of hydrogen-bond donors (Lipinski definition) is 2. The number of nitrogens with two attached hydrogens (primary N) is 1. The molecule has 0 unspecified atom stereocenters. The molecule has 0 aliphatic heterocycles. The highest BCUT2D eigenvalue weighted by Gasteiger charge is 2.17. The minimum absolute atomic E-state index is 0.100. The molecule has 0 aromatic heterocycles. The largest absolute Gasteiger partial charge is 0.495 e. The summed E-state index contributed by atoms with van der Waals surface area (Å²) in [4.78, 5) is -0.256. The van der Waals surface area contributed by atoms with Crippen LogP contribution in [0.25, 0.3) is 0 Å². The standard InChI is InChI=1S/C11H15NO4S/c1-3-9(12)6-8-4-5-10(16-2)11(7-8)17(13,14)15/h3-5,7,9H,1,6,12H2,2H3,(H,13,14,15)/t9-/m1/s1. The first kappa shape index (κ1) is 13.7. The molecule has 1 aromatic carbocycles. The van der Waals surface area contributed by atoms with Crippen molar-refractivity contribution in [3.63, 3.8) is 0 Å². The zero-order valence-corrected chi connectivity index (χ0v) is 10.3. The van der Waals surface area contributed by atoms with Crippen molar-refractivity contribution in [1.29, 1.82) is 0 Å². The fourth-order valence-corrected chi connectivity index (χ4v) is 2.11. The lowest BCUT2D eigenvalue weighted by molar-refractivity contribution is 0.397. The second-order valence-electron chi connectivity index (χ2n) is 3.56. The number of rotatable bonds is 5. The van der Waals surface area contributed by atoms with Gasteiger partial charge in [0.15, 0.2) is 0 Å². The summed E-state index contributed by atoms with van der Waals surface area (Å²) in [5, 5.41) is 0. The molecule has 3 N–H and O–H groups in total. The molecule has 0 fully saturated rings. The van der Waals surface area contributed by atoms with Gasteiger partial charge in [0.1, 0.15) is 10.6 Å². The van der Waals surface area contributed by atoms with Crippen molar-refractivity contribution in [2.24, 2.45) is 5.73 Å². The van der Waals surface area contributed by atoms with Crippen molar-refractivity contribution in [3.8, 4) is 5.75 Å². The first-order valence-corrected chi connectivity index (χ1v) is 6.35. The van der Waals surface area contributed by atoms with E-state index in [1.54, 1.807) is 12.1 Å². The van der Waals surface area contributed by atoms with Crippen LogP contribution < -0.4 is 10.5 Å². The van der Waals surface area contributed by atoms with E-state index in [0.29, 0.717) is 12.0 Å². The van der Waals surface area contributed by atoms with Gasteiger partial charge in [-0.05, 0) is 24.1 Å². The fraction of sp³-hybridized carbons (Fsp3) is 0.273. The predicted octanol–water partition coefficient (Wildman–Crippen LogP) is 0.998. The Morgan fingerprint density at radius 3 is 2.71 bits per heavy atom. The normalized spacial score (nSPS) is 13.1. The molecule has 0 aliphatic carbocycles. The van der Waals surface area contributed by atoms with Gasteiger partial charge in [-0.3, -0.25) is 4.55 Å². The van der Waals surface area contributed by atoms with E-state index in [0.717, 1.165) is 0 Å². The summed E-state index contributed by atoms with van der Waals surface area (Å²) in [6.07, 6.45) is 2.01. The summed E-state index contributed by atoms with van der Waals surface area (Å²) in [5.41, 5.74) is 6.36. The van der Waals surface area contributed by atoms with E-state index in [1.807, 2.05) is 0 Å². The number of benzene rings is 1. The molecule has 1 atom stereocenters. The summed E-state index contributed by atoms with van der Waals surface area (Å²) >= 11 is 0. The molecule has 0 radical (unpaired) electrons. The maximum Gasteiger partial charge on any atom is 0.298 e. The molecule has 5 nitrogen and oxygen atoms in total. The Hall–Kier alpha value is -1.37. The number of ether oxygens (including phenoxy) is 1. The molecule has 0 aliphatic rings. The molecule has 1 rings (SSSR count). The predicted molar refractivity (Wildman–Crippen MR) is 64.7 cm³/mol. The smallest absolute Gasteiger partial charge is 0.298 e. The van der Waals surface area contributed by atoms with E-state index in [1.165, 1.54) is 19.2 Å². The average Bonchev–Trinajstić information content (AvgIpc) is 2.27. The third-order valence-corrected chi connectivity index (χ3v) is 3.15. The Balaban J connectivity index is 3.18. The van der Waals surface area contributed by atoms with E-state index in [-0.39, 0.29) is 16.7 Å². The van der Waals surface area contributed by atoms with Crippen molar-refractivity contribution in [1.82, 2.24) is 0 Å². The topological polar surface area (TPSA) is 89.6 Å². The quantitative estimate of drug-likeness (QED) is 0.606. The van der Waals surface area contributed by atoms with Crippen LogP contribution in [0.2, 0.25) is 0 Å². The van der Waals surface area contributed by atoms with Gasteiger partial charge in [-0.25, -0.2) is 0 Å². The van der Waals surface area contributed by atoms with Crippen LogP contribution in [0.5, 0.6) is 5.75 Å². The van der Waals surface area contributed by atoms with Gasteiger partial charge in [0.05, 0.1) is 7.11 Å². The minimum Gasteiger partial charge on any atom is -0.495 e. The lowest BCUT2D eigenvalue weighted by Crippen LogP contribution is -2.19. The van der Waals surface area contributed by atoms with E-state index in [2.05, 4.69) is 6.58 Å². The van der Waals surface area contributed by atoms with Crippen LogP contribution >= 0.6 is 0 Å². The molecule has 17 heavy (non-hydrogen) atoms. The Labute approximate surface area is 101 Å². The third-order valence-electron chi connectivity index (χ3n) is 2.28. The van der Waals surface area contributed by atoms with Crippen molar-refractivity contribution >= 4 is 10.1 Å². The maximum atomic E-state index is 11.1. The van der Waals surface area contributed by atoms with E-state index >= 15 is 0 Å². The number of hydrogen-bond acceptors (Lipinski definition) is 4. The first-order chi connectivity index (χ1) is 7.88. The van der Waals surface area contributed by atoms with Crippen LogP contribution in [-0.4, -0.2) is 26.1 Å². The highest BCUT2D eigenvalue weighted by atomic mass is 32.2. The maximum absolute atomic E-state index is 11.1. The summed E-state index contributed by atoms with van der Waals surface area (Å²) in [5.74, 6) is 0.100. The van der Waals surface area contributed by atoms with Crippen LogP contribution in [-0.2, 0) is 16.5 Å². The average molecular weight is 257 g/mol. The molecule has 0 saturated carbocycles. The van der Waals surface area contributed by atoms with Crippen LogP contribution in [0, 0.1) is 0 Å². The van der Waals surface area contributed by atoms with Gasteiger partial charge in [0.2, 0.25) is 0 Å². The van der Waals surface area contributed by atoms with Crippen molar-refractivity contribution in [3.05, 3.63) is 36.4 Å². The van der Waals surface area contributed by atoms with Gasteiger partial charge in [-0.1, -0.05) is 12.1 Å².